The Morgan fingerprint density at radius 3 is 2.62 bits per heavy atom. The lowest BCUT2D eigenvalue weighted by Gasteiger charge is -2.05. The molecule has 0 aliphatic heterocycles. The molecule has 0 aliphatic rings. The Balaban J connectivity index is 1.93. The highest BCUT2D eigenvalue weighted by atomic mass is 35.5. The Morgan fingerprint density at radius 1 is 1.00 bits per heavy atom. The van der Waals surface area contributed by atoms with E-state index in [1.807, 2.05) is 48.5 Å². The maximum absolute atomic E-state index is 6.25. The molecule has 104 valence electrons. The third-order valence-corrected chi connectivity index (χ3v) is 3.60. The van der Waals surface area contributed by atoms with Gasteiger partial charge in [-0.2, -0.15) is 10.2 Å². The van der Waals surface area contributed by atoms with Crippen LogP contribution in [0.1, 0.15) is 5.56 Å². The molecular weight excluding hydrogens is 305 g/mol. The quantitative estimate of drug-likeness (QED) is 0.560. The molecule has 0 atom stereocenters. The highest BCUT2D eigenvalue weighted by Crippen LogP contribution is 2.27. The summed E-state index contributed by atoms with van der Waals surface area (Å²) in [7, 11) is 0. The topological polar surface area (TPSA) is 37.6 Å². The van der Waals surface area contributed by atoms with Crippen molar-refractivity contribution in [3.63, 3.8) is 0 Å². The van der Waals surface area contributed by atoms with Gasteiger partial charge in [-0.1, -0.05) is 47.5 Å². The zero-order valence-corrected chi connectivity index (χ0v) is 12.5. The van der Waals surface area contributed by atoms with Crippen LogP contribution < -0.4 is 0 Å². The standard InChI is InChI=1S/C16H11Cl2N3/c17-12-8-11-6-7-15(18)14(16(11)19-9-12)10-20-21-13-4-2-1-3-5-13/h1-9H,10H2. The van der Waals surface area contributed by atoms with E-state index in [4.69, 9.17) is 23.2 Å². The van der Waals surface area contributed by atoms with E-state index in [0.717, 1.165) is 22.2 Å². The van der Waals surface area contributed by atoms with Crippen LogP contribution in [0.4, 0.5) is 5.69 Å². The minimum absolute atomic E-state index is 0.375. The highest BCUT2D eigenvalue weighted by Gasteiger charge is 2.07. The first-order chi connectivity index (χ1) is 10.2. The van der Waals surface area contributed by atoms with Gasteiger partial charge < -0.3 is 0 Å². The van der Waals surface area contributed by atoms with Crippen LogP contribution in [-0.4, -0.2) is 4.98 Å². The smallest absolute Gasteiger partial charge is 0.0889 e. The third-order valence-electron chi connectivity index (χ3n) is 3.04. The summed E-state index contributed by atoms with van der Waals surface area (Å²) in [6.45, 7) is 0.375. The van der Waals surface area contributed by atoms with Gasteiger partial charge in [0.05, 0.1) is 22.8 Å². The van der Waals surface area contributed by atoms with Gasteiger partial charge in [0.2, 0.25) is 0 Å². The molecule has 0 amide bonds. The number of rotatable bonds is 3. The van der Waals surface area contributed by atoms with Crippen molar-refractivity contribution in [3.8, 4) is 0 Å². The molecule has 2 aromatic carbocycles. The van der Waals surface area contributed by atoms with Crippen LogP contribution in [-0.2, 0) is 6.54 Å². The van der Waals surface area contributed by atoms with E-state index in [2.05, 4.69) is 15.2 Å². The Hall–Kier alpha value is -1.97. The molecule has 0 saturated heterocycles. The summed E-state index contributed by atoms with van der Waals surface area (Å²) in [5.41, 5.74) is 2.47. The lowest BCUT2D eigenvalue weighted by molar-refractivity contribution is 0.964. The molecule has 3 rings (SSSR count). The largest absolute Gasteiger partial charge is 0.254 e. The Kier molecular flexibility index (Phi) is 4.13. The number of hydrogen-bond acceptors (Lipinski definition) is 3. The van der Waals surface area contributed by atoms with Crippen LogP contribution in [0.5, 0.6) is 0 Å². The van der Waals surface area contributed by atoms with Gasteiger partial charge in [0, 0.05) is 22.2 Å². The number of aromatic nitrogens is 1. The lowest BCUT2D eigenvalue weighted by atomic mass is 10.1. The van der Waals surface area contributed by atoms with Crippen molar-refractivity contribution in [2.24, 2.45) is 10.2 Å². The minimum atomic E-state index is 0.375. The van der Waals surface area contributed by atoms with E-state index >= 15 is 0 Å². The van der Waals surface area contributed by atoms with Gasteiger partial charge in [-0.3, -0.25) is 4.98 Å². The molecule has 3 aromatic rings. The molecule has 21 heavy (non-hydrogen) atoms. The number of halogens is 2. The van der Waals surface area contributed by atoms with Crippen LogP contribution in [0, 0.1) is 0 Å². The van der Waals surface area contributed by atoms with Crippen molar-refractivity contribution in [2.75, 3.05) is 0 Å². The molecule has 0 fully saturated rings. The van der Waals surface area contributed by atoms with Gasteiger partial charge in [-0.05, 0) is 24.3 Å². The van der Waals surface area contributed by atoms with Gasteiger partial charge in [0.15, 0.2) is 0 Å². The summed E-state index contributed by atoms with van der Waals surface area (Å²) in [4.78, 5) is 4.35. The third kappa shape index (κ3) is 3.20. The van der Waals surface area contributed by atoms with E-state index in [-0.39, 0.29) is 0 Å². The summed E-state index contributed by atoms with van der Waals surface area (Å²) < 4.78 is 0. The predicted octanol–water partition coefficient (Wildman–Crippen LogP) is 5.83. The number of hydrogen-bond donors (Lipinski definition) is 0. The molecule has 3 nitrogen and oxygen atoms in total. The molecule has 0 spiro atoms. The molecule has 0 radical (unpaired) electrons. The van der Waals surface area contributed by atoms with E-state index in [9.17, 15) is 0 Å². The number of nitrogens with zero attached hydrogens (tertiary/aromatic N) is 3. The average molecular weight is 316 g/mol. The van der Waals surface area contributed by atoms with Crippen LogP contribution in [0.15, 0.2) is 65.0 Å². The molecule has 0 unspecified atom stereocenters. The van der Waals surface area contributed by atoms with E-state index in [1.165, 1.54) is 0 Å². The van der Waals surface area contributed by atoms with Crippen LogP contribution >= 0.6 is 23.2 Å². The predicted molar refractivity (Wildman–Crippen MR) is 86.4 cm³/mol. The van der Waals surface area contributed by atoms with Gasteiger partial charge in [0.1, 0.15) is 0 Å². The summed E-state index contributed by atoms with van der Waals surface area (Å²) >= 11 is 12.2. The first-order valence-electron chi connectivity index (χ1n) is 6.39. The first kappa shape index (κ1) is 14.0. The summed E-state index contributed by atoms with van der Waals surface area (Å²) in [6.07, 6.45) is 1.61. The Bertz CT molecular complexity index is 801. The van der Waals surface area contributed by atoms with Crippen molar-refractivity contribution in [2.45, 2.75) is 6.54 Å². The maximum Gasteiger partial charge on any atom is 0.0889 e. The average Bonchev–Trinajstić information content (AvgIpc) is 2.50. The van der Waals surface area contributed by atoms with Gasteiger partial charge in [0.25, 0.3) is 0 Å². The summed E-state index contributed by atoms with van der Waals surface area (Å²) in [5.74, 6) is 0. The number of azo groups is 1. The van der Waals surface area contributed by atoms with Gasteiger partial charge >= 0.3 is 0 Å². The normalized spacial score (nSPS) is 11.3. The highest BCUT2D eigenvalue weighted by molar-refractivity contribution is 6.33. The van der Waals surface area contributed by atoms with Crippen LogP contribution in [0.3, 0.4) is 0 Å². The van der Waals surface area contributed by atoms with E-state index in [0.29, 0.717) is 16.6 Å². The fourth-order valence-electron chi connectivity index (χ4n) is 2.04. The minimum Gasteiger partial charge on any atom is -0.254 e. The Labute approximate surface area is 132 Å². The van der Waals surface area contributed by atoms with E-state index in [1.54, 1.807) is 6.20 Å². The zero-order valence-electron chi connectivity index (χ0n) is 11.0. The molecule has 1 heterocycles. The van der Waals surface area contributed by atoms with Crippen molar-refractivity contribution < 1.29 is 0 Å². The van der Waals surface area contributed by atoms with E-state index < -0.39 is 0 Å². The second-order valence-corrected chi connectivity index (χ2v) is 5.33. The Morgan fingerprint density at radius 2 is 1.81 bits per heavy atom. The van der Waals surface area contributed by atoms with Crippen LogP contribution in [0.25, 0.3) is 10.9 Å². The molecule has 5 heteroatoms. The van der Waals surface area contributed by atoms with Crippen molar-refractivity contribution in [1.29, 1.82) is 0 Å². The molecule has 0 saturated carbocycles. The SMILES string of the molecule is Clc1cnc2c(CN=Nc3ccccc3)c(Cl)ccc2c1. The fraction of sp³-hybridized carbons (Fsp3) is 0.0625. The zero-order chi connectivity index (χ0) is 14.7. The van der Waals surface area contributed by atoms with Crippen LogP contribution in [0.2, 0.25) is 10.0 Å². The lowest BCUT2D eigenvalue weighted by Crippen LogP contribution is -1.89. The molecule has 0 bridgehead atoms. The van der Waals surface area contributed by atoms with Crippen molar-refractivity contribution >= 4 is 39.8 Å². The summed E-state index contributed by atoms with van der Waals surface area (Å²) in [6, 6.07) is 15.2. The fourth-order valence-corrected chi connectivity index (χ4v) is 2.42. The summed E-state index contributed by atoms with van der Waals surface area (Å²) in [5, 5.41) is 10.6. The molecule has 0 aliphatic carbocycles. The number of fused-ring (bicyclic) bond motifs is 1. The van der Waals surface area contributed by atoms with Gasteiger partial charge in [-0.15, -0.1) is 0 Å². The molecule has 0 N–H and O–H groups in total. The second kappa shape index (κ2) is 6.20. The monoisotopic (exact) mass is 315 g/mol. The maximum atomic E-state index is 6.25. The first-order valence-corrected chi connectivity index (χ1v) is 7.15. The molecule has 1 aromatic heterocycles. The number of pyridine rings is 1. The van der Waals surface area contributed by atoms with Gasteiger partial charge in [-0.25, -0.2) is 0 Å². The van der Waals surface area contributed by atoms with Crippen molar-refractivity contribution in [3.05, 3.63) is 70.3 Å². The molecular formula is C16H11Cl2N3. The van der Waals surface area contributed by atoms with Crippen molar-refractivity contribution in [1.82, 2.24) is 4.98 Å². The number of benzene rings is 2. The second-order valence-electron chi connectivity index (χ2n) is 4.49.